The molecule has 1 saturated heterocycles. The van der Waals surface area contributed by atoms with E-state index in [0.29, 0.717) is 5.41 Å². The Morgan fingerprint density at radius 2 is 2.00 bits per heavy atom. The van der Waals surface area contributed by atoms with Crippen LogP contribution in [0.15, 0.2) is 5.38 Å². The molecule has 2 aliphatic rings. The highest BCUT2D eigenvalue weighted by atomic mass is 32.1. The van der Waals surface area contributed by atoms with Crippen LogP contribution in [0.25, 0.3) is 0 Å². The molecule has 0 radical (unpaired) electrons. The van der Waals surface area contributed by atoms with Crippen molar-refractivity contribution in [3.63, 3.8) is 0 Å². The van der Waals surface area contributed by atoms with E-state index in [0.717, 1.165) is 5.92 Å². The summed E-state index contributed by atoms with van der Waals surface area (Å²) in [5, 5.41) is 7.14. The second-order valence-electron chi connectivity index (χ2n) is 7.50. The van der Waals surface area contributed by atoms with E-state index in [2.05, 4.69) is 31.5 Å². The highest BCUT2D eigenvalue weighted by molar-refractivity contribution is 7.09. The number of aromatic nitrogens is 1. The zero-order valence-corrected chi connectivity index (χ0v) is 13.3. The van der Waals surface area contributed by atoms with Gasteiger partial charge in [0, 0.05) is 35.7 Å². The van der Waals surface area contributed by atoms with Crippen molar-refractivity contribution in [1.82, 2.24) is 10.3 Å². The standard InChI is InChI=1S/C16H26N2S/c1-15(2,3)13-9-19-14(18-13)8-16(10-17-11-16)12-6-4-5-7-12/h9,12,17H,4-8,10-11H2,1-3H3. The van der Waals surface area contributed by atoms with E-state index in [-0.39, 0.29) is 5.41 Å². The van der Waals surface area contributed by atoms with Gasteiger partial charge in [-0.3, -0.25) is 0 Å². The third-order valence-corrected chi connectivity index (χ3v) is 5.85. The fourth-order valence-corrected chi connectivity index (χ4v) is 4.76. The number of rotatable bonds is 3. The van der Waals surface area contributed by atoms with E-state index < -0.39 is 0 Å². The Balaban J connectivity index is 1.74. The van der Waals surface area contributed by atoms with E-state index >= 15 is 0 Å². The van der Waals surface area contributed by atoms with Gasteiger partial charge in [0.05, 0.1) is 10.7 Å². The zero-order valence-electron chi connectivity index (χ0n) is 12.5. The topological polar surface area (TPSA) is 24.9 Å². The van der Waals surface area contributed by atoms with Crippen molar-refractivity contribution in [1.29, 1.82) is 0 Å². The lowest BCUT2D eigenvalue weighted by Crippen LogP contribution is -2.58. The van der Waals surface area contributed by atoms with Crippen LogP contribution in [0.4, 0.5) is 0 Å². The Bertz CT molecular complexity index is 434. The van der Waals surface area contributed by atoms with E-state index in [1.807, 2.05) is 11.3 Å². The van der Waals surface area contributed by atoms with Crippen LogP contribution in [0.5, 0.6) is 0 Å². The average molecular weight is 278 g/mol. The first-order valence-electron chi connectivity index (χ1n) is 7.65. The Morgan fingerprint density at radius 1 is 1.32 bits per heavy atom. The number of nitrogens with one attached hydrogen (secondary N) is 1. The van der Waals surface area contributed by atoms with Crippen LogP contribution in [0, 0.1) is 11.3 Å². The molecule has 3 rings (SSSR count). The summed E-state index contributed by atoms with van der Waals surface area (Å²) in [6.45, 7) is 9.18. The molecule has 0 unspecified atom stereocenters. The third-order valence-electron chi connectivity index (χ3n) is 5.00. The Hall–Kier alpha value is -0.410. The summed E-state index contributed by atoms with van der Waals surface area (Å²) in [5.41, 5.74) is 1.98. The maximum absolute atomic E-state index is 4.91. The second kappa shape index (κ2) is 4.85. The first-order chi connectivity index (χ1) is 9.00. The van der Waals surface area contributed by atoms with E-state index in [9.17, 15) is 0 Å². The van der Waals surface area contributed by atoms with Crippen LogP contribution >= 0.6 is 11.3 Å². The molecule has 0 spiro atoms. The lowest BCUT2D eigenvalue weighted by atomic mass is 9.67. The lowest BCUT2D eigenvalue weighted by molar-refractivity contribution is 0.0810. The summed E-state index contributed by atoms with van der Waals surface area (Å²) >= 11 is 1.87. The minimum atomic E-state index is 0.188. The number of hydrogen-bond donors (Lipinski definition) is 1. The van der Waals surface area contributed by atoms with Crippen molar-refractivity contribution in [2.75, 3.05) is 13.1 Å². The molecular weight excluding hydrogens is 252 g/mol. The quantitative estimate of drug-likeness (QED) is 0.910. The van der Waals surface area contributed by atoms with Crippen molar-refractivity contribution in [3.05, 3.63) is 16.1 Å². The predicted octanol–water partition coefficient (Wildman–Crippen LogP) is 3.76. The third kappa shape index (κ3) is 2.59. The Labute approximate surface area is 121 Å². The summed E-state index contributed by atoms with van der Waals surface area (Å²) < 4.78 is 0. The van der Waals surface area contributed by atoms with Crippen LogP contribution in [0.1, 0.15) is 57.2 Å². The largest absolute Gasteiger partial charge is 0.315 e. The van der Waals surface area contributed by atoms with Crippen molar-refractivity contribution >= 4 is 11.3 Å². The molecule has 2 fully saturated rings. The van der Waals surface area contributed by atoms with Gasteiger partial charge in [0.15, 0.2) is 0 Å². The monoisotopic (exact) mass is 278 g/mol. The summed E-state index contributed by atoms with van der Waals surface area (Å²) in [7, 11) is 0. The average Bonchev–Trinajstić information content (AvgIpc) is 2.93. The fraction of sp³-hybridized carbons (Fsp3) is 0.812. The van der Waals surface area contributed by atoms with E-state index in [1.165, 1.54) is 55.9 Å². The van der Waals surface area contributed by atoms with Crippen LogP contribution < -0.4 is 5.32 Å². The van der Waals surface area contributed by atoms with Gasteiger partial charge >= 0.3 is 0 Å². The van der Waals surface area contributed by atoms with Gasteiger partial charge in [0.2, 0.25) is 0 Å². The zero-order chi connectivity index (χ0) is 13.5. The Kier molecular flexibility index (Phi) is 3.46. The maximum atomic E-state index is 4.91. The fourth-order valence-electron chi connectivity index (χ4n) is 3.58. The highest BCUT2D eigenvalue weighted by Gasteiger charge is 2.45. The van der Waals surface area contributed by atoms with Gasteiger partial charge in [-0.2, -0.15) is 0 Å². The van der Waals surface area contributed by atoms with Gasteiger partial charge in [0.1, 0.15) is 0 Å². The van der Waals surface area contributed by atoms with Gasteiger partial charge < -0.3 is 5.32 Å². The number of thiazole rings is 1. The summed E-state index contributed by atoms with van der Waals surface area (Å²) in [5.74, 6) is 0.940. The minimum Gasteiger partial charge on any atom is -0.315 e. The Morgan fingerprint density at radius 3 is 2.47 bits per heavy atom. The molecule has 106 valence electrons. The van der Waals surface area contributed by atoms with Crippen LogP contribution in [-0.4, -0.2) is 18.1 Å². The molecule has 0 amide bonds. The van der Waals surface area contributed by atoms with Gasteiger partial charge in [-0.1, -0.05) is 33.6 Å². The first kappa shape index (κ1) is 13.6. The molecule has 1 aliphatic carbocycles. The predicted molar refractivity (Wildman–Crippen MR) is 81.8 cm³/mol. The van der Waals surface area contributed by atoms with Gasteiger partial charge in [0.25, 0.3) is 0 Å². The summed E-state index contributed by atoms with van der Waals surface area (Å²) in [6, 6.07) is 0. The van der Waals surface area contributed by atoms with E-state index in [4.69, 9.17) is 4.98 Å². The van der Waals surface area contributed by atoms with E-state index in [1.54, 1.807) is 0 Å². The molecule has 2 heterocycles. The molecule has 1 N–H and O–H groups in total. The summed E-state index contributed by atoms with van der Waals surface area (Å²) in [4.78, 5) is 4.91. The van der Waals surface area contributed by atoms with Crippen LogP contribution in [0.3, 0.4) is 0 Å². The molecule has 0 aromatic carbocycles. The number of nitrogens with zero attached hydrogens (tertiary/aromatic N) is 1. The van der Waals surface area contributed by atoms with Crippen molar-refractivity contribution in [2.45, 2.75) is 58.3 Å². The second-order valence-corrected chi connectivity index (χ2v) is 8.44. The first-order valence-corrected chi connectivity index (χ1v) is 8.53. The van der Waals surface area contributed by atoms with Crippen molar-refractivity contribution < 1.29 is 0 Å². The molecule has 1 aliphatic heterocycles. The molecule has 1 aromatic heterocycles. The molecule has 0 bridgehead atoms. The minimum absolute atomic E-state index is 0.188. The molecule has 19 heavy (non-hydrogen) atoms. The van der Waals surface area contributed by atoms with Gasteiger partial charge in [-0.05, 0) is 18.8 Å². The van der Waals surface area contributed by atoms with Gasteiger partial charge in [-0.15, -0.1) is 11.3 Å². The molecule has 0 atom stereocenters. The SMILES string of the molecule is CC(C)(C)c1csc(CC2(C3CCCC3)CNC2)n1. The van der Waals surface area contributed by atoms with Crippen LogP contribution in [-0.2, 0) is 11.8 Å². The summed E-state index contributed by atoms with van der Waals surface area (Å²) in [6.07, 6.45) is 6.97. The lowest BCUT2D eigenvalue weighted by Gasteiger charge is -2.47. The number of hydrogen-bond acceptors (Lipinski definition) is 3. The van der Waals surface area contributed by atoms with Gasteiger partial charge in [-0.25, -0.2) is 4.98 Å². The maximum Gasteiger partial charge on any atom is 0.0935 e. The van der Waals surface area contributed by atoms with Crippen LogP contribution in [0.2, 0.25) is 0 Å². The highest BCUT2D eigenvalue weighted by Crippen LogP contribution is 2.45. The normalized spacial score (nSPS) is 23.5. The molecular formula is C16H26N2S. The van der Waals surface area contributed by atoms with Crippen molar-refractivity contribution in [2.24, 2.45) is 11.3 Å². The molecule has 3 heteroatoms. The van der Waals surface area contributed by atoms with Crippen molar-refractivity contribution in [3.8, 4) is 0 Å². The molecule has 1 aromatic rings. The molecule has 1 saturated carbocycles. The molecule has 2 nitrogen and oxygen atoms in total. The smallest absolute Gasteiger partial charge is 0.0935 e.